The Hall–Kier alpha value is -1.65. The van der Waals surface area contributed by atoms with Gasteiger partial charge in [-0.2, -0.15) is 5.10 Å². The van der Waals surface area contributed by atoms with Crippen LogP contribution in [0.25, 0.3) is 0 Å². The first-order valence-corrected chi connectivity index (χ1v) is 7.74. The van der Waals surface area contributed by atoms with Gasteiger partial charge in [-0.25, -0.2) is 0 Å². The van der Waals surface area contributed by atoms with Gasteiger partial charge in [0.1, 0.15) is 0 Å². The van der Waals surface area contributed by atoms with Crippen molar-refractivity contribution in [1.29, 1.82) is 0 Å². The van der Waals surface area contributed by atoms with Crippen molar-refractivity contribution in [3.8, 4) is 0 Å². The summed E-state index contributed by atoms with van der Waals surface area (Å²) < 4.78 is 1.86. The molecule has 0 amide bonds. The molecule has 2 aromatic rings. The number of hydrogen-bond acceptors (Lipinski definition) is 3. The predicted molar refractivity (Wildman–Crippen MR) is 84.8 cm³/mol. The van der Waals surface area contributed by atoms with Gasteiger partial charge in [-0.05, 0) is 24.0 Å². The molecule has 1 aliphatic heterocycles. The van der Waals surface area contributed by atoms with Crippen LogP contribution in [0, 0.1) is 0 Å². The molecule has 4 nitrogen and oxygen atoms in total. The zero-order chi connectivity index (χ0) is 14.8. The van der Waals surface area contributed by atoms with E-state index in [1.807, 2.05) is 17.9 Å². The highest BCUT2D eigenvalue weighted by Crippen LogP contribution is 2.30. The lowest BCUT2D eigenvalue weighted by atomic mass is 9.93. The van der Waals surface area contributed by atoms with Crippen molar-refractivity contribution in [3.63, 3.8) is 0 Å². The minimum atomic E-state index is 0.138. The van der Waals surface area contributed by atoms with Crippen LogP contribution in [0.4, 0.5) is 0 Å². The Morgan fingerprint density at radius 3 is 2.71 bits per heavy atom. The molecular weight excluding hydrogens is 260 g/mol. The highest BCUT2D eigenvalue weighted by molar-refractivity contribution is 5.30. The molecule has 0 saturated heterocycles. The second-order valence-electron chi connectivity index (χ2n) is 5.95. The Morgan fingerprint density at radius 2 is 2.05 bits per heavy atom. The van der Waals surface area contributed by atoms with Gasteiger partial charge < -0.3 is 5.73 Å². The number of aryl methyl sites for hydroxylation is 1. The van der Waals surface area contributed by atoms with Crippen LogP contribution in [-0.2, 0) is 20.0 Å². The minimum absolute atomic E-state index is 0.138. The lowest BCUT2D eigenvalue weighted by Crippen LogP contribution is -2.43. The van der Waals surface area contributed by atoms with Crippen molar-refractivity contribution in [2.75, 3.05) is 6.54 Å². The lowest BCUT2D eigenvalue weighted by molar-refractivity contribution is 0.153. The van der Waals surface area contributed by atoms with Crippen LogP contribution in [0.2, 0.25) is 0 Å². The summed E-state index contributed by atoms with van der Waals surface area (Å²) in [6, 6.07) is 9.12. The Labute approximate surface area is 126 Å². The SMILES string of the molecule is CCC(N)C(c1cnn(C)c1)N1CCc2ccccc2C1. The van der Waals surface area contributed by atoms with Crippen LogP contribution in [0.5, 0.6) is 0 Å². The van der Waals surface area contributed by atoms with Gasteiger partial charge in [0, 0.05) is 37.9 Å². The van der Waals surface area contributed by atoms with Crippen LogP contribution >= 0.6 is 0 Å². The highest BCUT2D eigenvalue weighted by atomic mass is 15.3. The van der Waals surface area contributed by atoms with E-state index >= 15 is 0 Å². The summed E-state index contributed by atoms with van der Waals surface area (Å²) in [5, 5.41) is 4.33. The molecule has 21 heavy (non-hydrogen) atoms. The van der Waals surface area contributed by atoms with Crippen LogP contribution in [0.3, 0.4) is 0 Å². The minimum Gasteiger partial charge on any atom is -0.326 e. The second kappa shape index (κ2) is 6.00. The van der Waals surface area contributed by atoms with Crippen molar-refractivity contribution in [3.05, 3.63) is 53.3 Å². The molecule has 0 spiro atoms. The first kappa shape index (κ1) is 14.3. The van der Waals surface area contributed by atoms with E-state index < -0.39 is 0 Å². The third kappa shape index (κ3) is 2.87. The van der Waals surface area contributed by atoms with Gasteiger partial charge in [-0.3, -0.25) is 9.58 Å². The molecule has 4 heteroatoms. The first-order valence-electron chi connectivity index (χ1n) is 7.74. The molecule has 0 saturated carbocycles. The molecule has 2 N–H and O–H groups in total. The van der Waals surface area contributed by atoms with Gasteiger partial charge in [-0.1, -0.05) is 31.2 Å². The number of rotatable bonds is 4. The average Bonchev–Trinajstić information content (AvgIpc) is 2.93. The molecule has 0 bridgehead atoms. The predicted octanol–water partition coefficient (Wildman–Crippen LogP) is 2.26. The molecule has 2 atom stereocenters. The van der Waals surface area contributed by atoms with E-state index in [0.29, 0.717) is 0 Å². The van der Waals surface area contributed by atoms with E-state index in [4.69, 9.17) is 5.73 Å². The Balaban J connectivity index is 1.88. The molecule has 1 aliphatic rings. The van der Waals surface area contributed by atoms with Crippen LogP contribution in [0.15, 0.2) is 36.7 Å². The summed E-state index contributed by atoms with van der Waals surface area (Å²) in [5.74, 6) is 0. The van der Waals surface area contributed by atoms with E-state index in [1.54, 1.807) is 0 Å². The number of fused-ring (bicyclic) bond motifs is 1. The van der Waals surface area contributed by atoms with E-state index in [2.05, 4.69) is 47.4 Å². The quantitative estimate of drug-likeness (QED) is 0.937. The van der Waals surface area contributed by atoms with Crippen LogP contribution in [-0.4, -0.2) is 27.3 Å². The number of nitrogens with zero attached hydrogens (tertiary/aromatic N) is 3. The fourth-order valence-electron chi connectivity index (χ4n) is 3.30. The Morgan fingerprint density at radius 1 is 1.29 bits per heavy atom. The number of aromatic nitrogens is 2. The molecule has 3 rings (SSSR count). The monoisotopic (exact) mass is 284 g/mol. The maximum absolute atomic E-state index is 6.43. The standard InChI is InChI=1S/C17H24N4/c1-3-16(18)17(15-10-19-20(2)11-15)21-9-8-13-6-4-5-7-14(13)12-21/h4-7,10-11,16-17H,3,8-9,12,18H2,1-2H3. The zero-order valence-corrected chi connectivity index (χ0v) is 12.9. The lowest BCUT2D eigenvalue weighted by Gasteiger charge is -2.38. The topological polar surface area (TPSA) is 47.1 Å². The summed E-state index contributed by atoms with van der Waals surface area (Å²) >= 11 is 0. The number of nitrogens with two attached hydrogens (primary N) is 1. The number of benzene rings is 1. The maximum atomic E-state index is 6.43. The first-order chi connectivity index (χ1) is 10.2. The number of hydrogen-bond donors (Lipinski definition) is 1. The van der Waals surface area contributed by atoms with E-state index in [0.717, 1.165) is 25.9 Å². The van der Waals surface area contributed by atoms with Gasteiger partial charge >= 0.3 is 0 Å². The molecular formula is C17H24N4. The van der Waals surface area contributed by atoms with Gasteiger partial charge in [0.2, 0.25) is 0 Å². The Bertz CT molecular complexity index is 604. The summed E-state index contributed by atoms with van der Waals surface area (Å²) in [6.45, 7) is 4.19. The van der Waals surface area contributed by atoms with Crippen molar-refractivity contribution in [2.24, 2.45) is 12.8 Å². The van der Waals surface area contributed by atoms with E-state index in [-0.39, 0.29) is 12.1 Å². The average molecular weight is 284 g/mol. The fourth-order valence-corrected chi connectivity index (χ4v) is 3.30. The highest BCUT2D eigenvalue weighted by Gasteiger charge is 2.29. The fraction of sp³-hybridized carbons (Fsp3) is 0.471. The van der Waals surface area contributed by atoms with Crippen LogP contribution < -0.4 is 5.73 Å². The summed E-state index contributed by atoms with van der Waals surface area (Å²) in [4.78, 5) is 2.51. The molecule has 112 valence electrons. The Kier molecular flexibility index (Phi) is 4.08. The maximum Gasteiger partial charge on any atom is 0.0538 e. The summed E-state index contributed by atoms with van der Waals surface area (Å²) in [5.41, 5.74) is 10.6. The molecule has 1 aromatic heterocycles. The molecule has 0 aliphatic carbocycles. The molecule has 2 unspecified atom stereocenters. The summed E-state index contributed by atoms with van der Waals surface area (Å²) in [7, 11) is 1.96. The van der Waals surface area contributed by atoms with Gasteiger partial charge in [0.25, 0.3) is 0 Å². The van der Waals surface area contributed by atoms with Gasteiger partial charge in [0.05, 0.1) is 12.2 Å². The van der Waals surface area contributed by atoms with Crippen molar-refractivity contribution < 1.29 is 0 Å². The van der Waals surface area contributed by atoms with Crippen molar-refractivity contribution >= 4 is 0 Å². The molecule has 0 radical (unpaired) electrons. The normalized spacial score (nSPS) is 18.2. The molecule has 1 aromatic carbocycles. The van der Waals surface area contributed by atoms with Crippen molar-refractivity contribution in [1.82, 2.24) is 14.7 Å². The molecule has 0 fully saturated rings. The third-order valence-electron chi connectivity index (χ3n) is 4.50. The van der Waals surface area contributed by atoms with Crippen LogP contribution in [0.1, 0.15) is 36.1 Å². The largest absolute Gasteiger partial charge is 0.326 e. The molecule has 2 heterocycles. The zero-order valence-electron chi connectivity index (χ0n) is 12.9. The van der Waals surface area contributed by atoms with E-state index in [9.17, 15) is 0 Å². The van der Waals surface area contributed by atoms with Crippen molar-refractivity contribution in [2.45, 2.75) is 38.4 Å². The van der Waals surface area contributed by atoms with E-state index in [1.165, 1.54) is 16.7 Å². The van der Waals surface area contributed by atoms with Gasteiger partial charge in [-0.15, -0.1) is 0 Å². The smallest absolute Gasteiger partial charge is 0.0538 e. The third-order valence-corrected chi connectivity index (χ3v) is 4.50. The van der Waals surface area contributed by atoms with Gasteiger partial charge in [0.15, 0.2) is 0 Å². The second-order valence-corrected chi connectivity index (χ2v) is 5.95. The summed E-state index contributed by atoms with van der Waals surface area (Å²) in [6.07, 6.45) is 6.13.